The van der Waals surface area contributed by atoms with Gasteiger partial charge in [-0.05, 0) is 30.7 Å². The van der Waals surface area contributed by atoms with Gasteiger partial charge in [-0.3, -0.25) is 9.78 Å². The van der Waals surface area contributed by atoms with E-state index in [4.69, 9.17) is 0 Å². The highest BCUT2D eigenvalue weighted by atomic mass is 32.2. The Labute approximate surface area is 160 Å². The van der Waals surface area contributed by atoms with Crippen LogP contribution in [0.15, 0.2) is 30.5 Å². The van der Waals surface area contributed by atoms with E-state index in [-0.39, 0.29) is 12.6 Å². The van der Waals surface area contributed by atoms with Crippen molar-refractivity contribution in [3.05, 3.63) is 36.0 Å². The molecule has 2 unspecified atom stereocenters. The van der Waals surface area contributed by atoms with Gasteiger partial charge in [-0.25, -0.2) is 18.1 Å². The molecule has 3 amide bonds. The lowest BCUT2D eigenvalue weighted by atomic mass is 10.1. The van der Waals surface area contributed by atoms with Crippen molar-refractivity contribution in [1.29, 1.82) is 5.26 Å². The number of amides is 3. The molecule has 3 aliphatic rings. The highest BCUT2D eigenvalue weighted by molar-refractivity contribution is 7.88. The maximum absolute atomic E-state index is 13.2. The molecule has 142 valence electrons. The number of urea groups is 1. The Balaban J connectivity index is 1.62. The number of hydrogen-bond donors (Lipinski definition) is 0. The number of aromatic nitrogens is 1. The van der Waals surface area contributed by atoms with Crippen LogP contribution in [-0.2, 0) is 14.8 Å². The molecule has 3 aliphatic heterocycles. The number of imide groups is 1. The molecular weight excluding hydrogens is 382 g/mol. The first-order valence-corrected chi connectivity index (χ1v) is 10.6. The van der Waals surface area contributed by atoms with Gasteiger partial charge in [0.1, 0.15) is 12.1 Å². The maximum atomic E-state index is 13.2. The number of nitrogens with zero attached hydrogens (tertiary/aromatic N) is 5. The monoisotopic (exact) mass is 397 g/mol. The molecule has 0 saturated carbocycles. The van der Waals surface area contributed by atoms with Crippen molar-refractivity contribution < 1.29 is 18.0 Å². The summed E-state index contributed by atoms with van der Waals surface area (Å²) in [7, 11) is -3.46. The second-order valence-electron chi connectivity index (χ2n) is 7.24. The van der Waals surface area contributed by atoms with E-state index in [0.717, 1.165) is 11.2 Å². The highest BCUT2D eigenvalue weighted by Gasteiger charge is 2.63. The van der Waals surface area contributed by atoms with Crippen LogP contribution in [-0.4, -0.2) is 65.5 Å². The number of pyridine rings is 1. The van der Waals surface area contributed by atoms with E-state index >= 15 is 0 Å². The number of benzene rings is 1. The molecule has 0 N–H and O–H groups in total. The summed E-state index contributed by atoms with van der Waals surface area (Å²) >= 11 is 0. The molecule has 3 atom stereocenters. The Hall–Kier alpha value is -3.03. The number of carbonyl (C=O) groups excluding carboxylic acids is 2. The number of piperazine rings is 1. The van der Waals surface area contributed by atoms with Crippen molar-refractivity contribution in [2.75, 3.05) is 17.7 Å². The number of sulfonamides is 1. The summed E-state index contributed by atoms with van der Waals surface area (Å²) < 4.78 is 25.4. The summed E-state index contributed by atoms with van der Waals surface area (Å²) in [5.74, 6) is -0.444. The fourth-order valence-corrected chi connectivity index (χ4v) is 5.80. The van der Waals surface area contributed by atoms with E-state index in [1.54, 1.807) is 24.4 Å². The van der Waals surface area contributed by atoms with Gasteiger partial charge in [0.15, 0.2) is 0 Å². The molecule has 3 saturated heterocycles. The topological polar surface area (TPSA) is 115 Å². The summed E-state index contributed by atoms with van der Waals surface area (Å²) in [6.45, 7) is 0.211. The third-order valence-corrected chi connectivity index (χ3v) is 7.02. The molecule has 3 fully saturated rings. The standard InChI is InChI=1S/C18H15N5O4S/c1-28(26,27)21-9-11-7-14(21)16-17(24)23(18(25)22(11)16)13-5-4-10(8-19)15-12(13)3-2-6-20-15/h2-6,11,14,16H,7,9H2,1H3/t11-,14?,16?/m1/s1. The van der Waals surface area contributed by atoms with Crippen molar-refractivity contribution in [3.8, 4) is 6.07 Å². The van der Waals surface area contributed by atoms with Crippen LogP contribution in [0, 0.1) is 11.3 Å². The molecule has 2 bridgehead atoms. The van der Waals surface area contributed by atoms with E-state index in [9.17, 15) is 23.3 Å². The minimum Gasteiger partial charge on any atom is -0.306 e. The fraction of sp³-hybridized carbons (Fsp3) is 0.333. The van der Waals surface area contributed by atoms with Gasteiger partial charge >= 0.3 is 6.03 Å². The van der Waals surface area contributed by atoms with Crippen molar-refractivity contribution in [2.24, 2.45) is 0 Å². The molecule has 0 aliphatic carbocycles. The second kappa shape index (κ2) is 5.50. The highest BCUT2D eigenvalue weighted by Crippen LogP contribution is 2.44. The maximum Gasteiger partial charge on any atom is 0.332 e. The molecule has 1 aromatic heterocycles. The molecule has 2 aromatic rings. The van der Waals surface area contributed by atoms with Gasteiger partial charge in [-0.1, -0.05) is 0 Å². The van der Waals surface area contributed by atoms with E-state index in [2.05, 4.69) is 11.1 Å². The number of carbonyl (C=O) groups is 2. The number of anilines is 1. The number of fused-ring (bicyclic) bond motifs is 6. The minimum atomic E-state index is -3.46. The van der Waals surface area contributed by atoms with E-state index in [1.807, 2.05) is 0 Å². The summed E-state index contributed by atoms with van der Waals surface area (Å²) in [6, 6.07) is 6.43. The fourth-order valence-electron chi connectivity index (χ4n) is 4.66. The summed E-state index contributed by atoms with van der Waals surface area (Å²) in [6.07, 6.45) is 3.14. The van der Waals surface area contributed by atoms with Crippen LogP contribution in [0.3, 0.4) is 0 Å². The van der Waals surface area contributed by atoms with Crippen LogP contribution in [0.25, 0.3) is 10.9 Å². The smallest absolute Gasteiger partial charge is 0.306 e. The number of rotatable bonds is 2. The van der Waals surface area contributed by atoms with Crippen LogP contribution < -0.4 is 4.90 Å². The van der Waals surface area contributed by atoms with E-state index < -0.39 is 34.0 Å². The molecule has 9 nitrogen and oxygen atoms in total. The predicted molar refractivity (Wildman–Crippen MR) is 98.7 cm³/mol. The largest absolute Gasteiger partial charge is 0.332 e. The van der Waals surface area contributed by atoms with Gasteiger partial charge in [-0.2, -0.15) is 9.57 Å². The second-order valence-corrected chi connectivity index (χ2v) is 9.18. The Morgan fingerprint density at radius 3 is 2.75 bits per heavy atom. The summed E-state index contributed by atoms with van der Waals surface area (Å²) in [5.41, 5.74) is 1.12. The first-order chi connectivity index (χ1) is 13.3. The van der Waals surface area contributed by atoms with Gasteiger partial charge in [-0.15, -0.1) is 0 Å². The Kier molecular flexibility index (Phi) is 3.36. The zero-order chi connectivity index (χ0) is 19.8. The predicted octanol–water partition coefficient (Wildman–Crippen LogP) is 0.660. The van der Waals surface area contributed by atoms with Gasteiger partial charge in [0.05, 0.1) is 29.1 Å². The Morgan fingerprint density at radius 1 is 1.25 bits per heavy atom. The molecule has 4 heterocycles. The van der Waals surface area contributed by atoms with E-state index in [0.29, 0.717) is 28.6 Å². The SMILES string of the molecule is CS(=O)(=O)N1C[C@H]2CC1C1C(=O)N(c3ccc(C#N)c4ncccc34)C(=O)N12. The lowest BCUT2D eigenvalue weighted by Crippen LogP contribution is -2.54. The van der Waals surface area contributed by atoms with Gasteiger partial charge in [0.2, 0.25) is 10.0 Å². The lowest BCUT2D eigenvalue weighted by molar-refractivity contribution is -0.120. The third-order valence-electron chi connectivity index (χ3n) is 5.75. The third kappa shape index (κ3) is 2.08. The minimum absolute atomic E-state index is 0.211. The van der Waals surface area contributed by atoms with Crippen molar-refractivity contribution >= 4 is 38.6 Å². The first kappa shape index (κ1) is 17.1. The van der Waals surface area contributed by atoms with Crippen LogP contribution >= 0.6 is 0 Å². The molecule has 0 radical (unpaired) electrons. The zero-order valence-corrected chi connectivity index (χ0v) is 15.6. The van der Waals surface area contributed by atoms with Gasteiger partial charge < -0.3 is 4.90 Å². The van der Waals surface area contributed by atoms with E-state index in [1.165, 1.54) is 15.3 Å². The Bertz CT molecular complexity index is 1200. The molecule has 0 spiro atoms. The normalized spacial score (nSPS) is 26.9. The molecule has 5 rings (SSSR count). The molecule has 28 heavy (non-hydrogen) atoms. The van der Waals surface area contributed by atoms with Crippen molar-refractivity contribution in [1.82, 2.24) is 14.2 Å². The Morgan fingerprint density at radius 2 is 2.04 bits per heavy atom. The van der Waals surface area contributed by atoms with Crippen LogP contribution in [0.2, 0.25) is 0 Å². The summed E-state index contributed by atoms with van der Waals surface area (Å²) in [4.78, 5) is 33.2. The molecule has 1 aromatic carbocycles. The van der Waals surface area contributed by atoms with Gasteiger partial charge in [0, 0.05) is 24.2 Å². The molecule has 10 heteroatoms. The van der Waals surface area contributed by atoms with Crippen LogP contribution in [0.4, 0.5) is 10.5 Å². The average molecular weight is 397 g/mol. The van der Waals surface area contributed by atoms with Crippen LogP contribution in [0.5, 0.6) is 0 Å². The van der Waals surface area contributed by atoms with Crippen molar-refractivity contribution in [3.63, 3.8) is 0 Å². The van der Waals surface area contributed by atoms with Crippen molar-refractivity contribution in [2.45, 2.75) is 24.5 Å². The van der Waals surface area contributed by atoms with Gasteiger partial charge in [0.25, 0.3) is 5.91 Å². The number of hydrogen-bond acceptors (Lipinski definition) is 6. The average Bonchev–Trinajstić information content (AvgIpc) is 3.33. The molecular formula is C18H15N5O4S. The quantitative estimate of drug-likeness (QED) is 0.688. The van der Waals surface area contributed by atoms with Crippen LogP contribution in [0.1, 0.15) is 12.0 Å². The summed E-state index contributed by atoms with van der Waals surface area (Å²) in [5, 5.41) is 9.83. The first-order valence-electron chi connectivity index (χ1n) is 8.74. The number of nitriles is 1. The lowest BCUT2D eigenvalue weighted by Gasteiger charge is -2.33. The zero-order valence-electron chi connectivity index (χ0n) is 14.8.